The molecule has 2 fully saturated rings. The molecule has 5 heterocycles. The highest BCUT2D eigenvalue weighted by Crippen LogP contribution is 2.40. The summed E-state index contributed by atoms with van der Waals surface area (Å²) < 4.78 is 7.20. The van der Waals surface area contributed by atoms with Crippen LogP contribution < -0.4 is 15.6 Å². The topological polar surface area (TPSA) is 163 Å². The van der Waals surface area contributed by atoms with E-state index in [2.05, 4.69) is 10.3 Å². The summed E-state index contributed by atoms with van der Waals surface area (Å²) in [7, 11) is 0. The Morgan fingerprint density at radius 3 is 2.80 bits per heavy atom. The van der Waals surface area contributed by atoms with Crippen LogP contribution in [0, 0.1) is 6.92 Å². The van der Waals surface area contributed by atoms with Gasteiger partial charge in [0.25, 0.3) is 5.91 Å². The summed E-state index contributed by atoms with van der Waals surface area (Å²) >= 11 is 1.40. The third-order valence-electron chi connectivity index (χ3n) is 7.24. The van der Waals surface area contributed by atoms with Gasteiger partial charge in [0, 0.05) is 49.2 Å². The van der Waals surface area contributed by atoms with E-state index in [1.54, 1.807) is 53.1 Å². The van der Waals surface area contributed by atoms with Gasteiger partial charge in [0.05, 0.1) is 0 Å². The first-order valence-electron chi connectivity index (χ1n) is 13.0. The molecule has 3 aromatic rings. The van der Waals surface area contributed by atoms with Crippen molar-refractivity contribution in [2.45, 2.75) is 37.8 Å². The Morgan fingerprint density at radius 2 is 2.05 bits per heavy atom. The Morgan fingerprint density at radius 1 is 1.27 bits per heavy atom. The molecular formula is C28H27N6O6S+. The minimum absolute atomic E-state index is 0.0929. The number of hydrogen-bond donors (Lipinski definition) is 3. The summed E-state index contributed by atoms with van der Waals surface area (Å²) in [5, 5.41) is 12.2. The Labute approximate surface area is 238 Å². The van der Waals surface area contributed by atoms with Crippen LogP contribution in [0.4, 0.5) is 5.69 Å². The minimum atomic E-state index is -1.21. The molecule has 13 heteroatoms. The number of carboxylic acid groups (broad SMARTS) is 1. The van der Waals surface area contributed by atoms with E-state index in [9.17, 15) is 24.3 Å². The van der Waals surface area contributed by atoms with Gasteiger partial charge in [-0.3, -0.25) is 19.3 Å². The zero-order chi connectivity index (χ0) is 28.8. The van der Waals surface area contributed by atoms with E-state index in [0.29, 0.717) is 59.1 Å². The monoisotopic (exact) mass is 575 g/mol. The van der Waals surface area contributed by atoms with E-state index in [4.69, 9.17) is 10.2 Å². The highest BCUT2D eigenvalue weighted by atomic mass is 32.2. The van der Waals surface area contributed by atoms with Crippen molar-refractivity contribution in [1.29, 1.82) is 0 Å². The molecular weight excluding hydrogens is 548 g/mol. The molecule has 1 aromatic carbocycles. The van der Waals surface area contributed by atoms with Gasteiger partial charge >= 0.3 is 5.97 Å². The molecule has 0 unspecified atom stereocenters. The van der Waals surface area contributed by atoms with Crippen molar-refractivity contribution in [3.63, 3.8) is 0 Å². The van der Waals surface area contributed by atoms with Gasteiger partial charge in [-0.2, -0.15) is 4.57 Å². The summed E-state index contributed by atoms with van der Waals surface area (Å²) in [5.74, 6) is -1.07. The number of hydrogen-bond acceptors (Lipinski definition) is 8. The lowest BCUT2D eigenvalue weighted by Gasteiger charge is -2.47. The molecule has 0 radical (unpaired) electrons. The molecule has 0 bridgehead atoms. The van der Waals surface area contributed by atoms with Gasteiger partial charge in [0.2, 0.25) is 18.4 Å². The first-order chi connectivity index (χ1) is 19.7. The molecule has 210 valence electrons. The number of rotatable bonds is 7. The van der Waals surface area contributed by atoms with Crippen molar-refractivity contribution < 1.29 is 33.3 Å². The van der Waals surface area contributed by atoms with Crippen molar-refractivity contribution in [1.82, 2.24) is 14.8 Å². The Bertz CT molecular complexity index is 1660. The molecule has 2 atom stereocenters. The van der Waals surface area contributed by atoms with Crippen LogP contribution in [0.3, 0.4) is 0 Å². The maximum Gasteiger partial charge on any atom is 0.352 e. The fourth-order valence-electron chi connectivity index (χ4n) is 5.22. The van der Waals surface area contributed by atoms with Gasteiger partial charge in [-0.25, -0.2) is 9.78 Å². The fraction of sp³-hybridized carbons (Fsp3) is 0.286. The van der Waals surface area contributed by atoms with E-state index in [1.807, 2.05) is 12.1 Å². The molecule has 12 nitrogen and oxygen atoms in total. The third-order valence-corrected chi connectivity index (χ3v) is 8.56. The largest absolute Gasteiger partial charge is 0.477 e. The second kappa shape index (κ2) is 10.5. The van der Waals surface area contributed by atoms with Crippen molar-refractivity contribution in [3.05, 3.63) is 77.1 Å². The summed E-state index contributed by atoms with van der Waals surface area (Å²) in [6.07, 6.45) is 5.66. The second-order valence-corrected chi connectivity index (χ2v) is 11.2. The molecule has 3 aliphatic heterocycles. The number of carbonyl (C=O) groups is 4. The van der Waals surface area contributed by atoms with Crippen molar-refractivity contribution in [3.8, 4) is 0 Å². The van der Waals surface area contributed by atoms with Crippen LogP contribution in [-0.4, -0.2) is 67.3 Å². The van der Waals surface area contributed by atoms with Crippen LogP contribution in [0.15, 0.2) is 70.1 Å². The summed E-state index contributed by atoms with van der Waals surface area (Å²) in [4.78, 5) is 57.0. The first kappa shape index (κ1) is 26.7. The molecule has 3 aliphatic rings. The fourth-order valence-corrected chi connectivity index (χ4v) is 6.47. The number of anilines is 1. The van der Waals surface area contributed by atoms with E-state index in [1.165, 1.54) is 16.7 Å². The number of benzene rings is 1. The lowest BCUT2D eigenvalue weighted by atomic mass is 10.0. The number of nitrogens with two attached hydrogens (primary N) is 1. The number of β-lactam (4-membered cyclic amide) rings is 1. The Balaban J connectivity index is 1.07. The normalized spacial score (nSPS) is 21.5. The molecule has 2 aromatic heterocycles. The lowest BCUT2D eigenvalue weighted by Crippen LogP contribution is -2.68. The number of oxazole rings is 1. The smallest absolute Gasteiger partial charge is 0.352 e. The number of nitrogens with one attached hydrogen (secondary N) is 1. The number of aryl methyl sites for hydroxylation is 1. The number of nitrogens with zero attached hydrogens (tertiary/aromatic N) is 4. The highest BCUT2D eigenvalue weighted by Gasteiger charge is 2.51. The molecule has 2 saturated heterocycles. The minimum Gasteiger partial charge on any atom is -0.477 e. The van der Waals surface area contributed by atoms with Crippen molar-refractivity contribution in [2.75, 3.05) is 17.6 Å². The number of aromatic nitrogens is 2. The Kier molecular flexibility index (Phi) is 6.83. The number of fused-ring (bicyclic) bond motifs is 2. The molecule has 0 saturated carbocycles. The quantitative estimate of drug-likeness (QED) is 0.214. The number of amides is 3. The molecule has 0 spiro atoms. The van der Waals surface area contributed by atoms with Crippen LogP contribution in [-0.2, 0) is 32.3 Å². The standard InChI is InChI=1S/C28H26N6O6S/c1-15-30-20-11-19(2-3-21(20)40-15)31-22(35)13-32-7-4-16(5-8-32)12-33-9-6-17(25(33)36)10-18-14-41-27-23(29)26(37)34(27)24(18)28(38)39/h2-5,7-8,10-11,23,27H,6,9,12-14,29H2,1H3,(H-,31,35,38,39)/p+1/b17-10+/t23-,27-/m1/s1. The molecule has 41 heavy (non-hydrogen) atoms. The number of carboxylic acids is 1. The van der Waals surface area contributed by atoms with Crippen LogP contribution in [0.2, 0.25) is 0 Å². The molecule has 6 rings (SSSR count). The van der Waals surface area contributed by atoms with E-state index >= 15 is 0 Å². The number of likely N-dealkylation sites (tertiary alicyclic amines) is 1. The van der Waals surface area contributed by atoms with Gasteiger partial charge in [-0.1, -0.05) is 0 Å². The van der Waals surface area contributed by atoms with Gasteiger partial charge in [0.1, 0.15) is 22.6 Å². The third kappa shape index (κ3) is 5.09. The van der Waals surface area contributed by atoms with Crippen LogP contribution in [0.25, 0.3) is 11.1 Å². The van der Waals surface area contributed by atoms with Crippen molar-refractivity contribution >= 4 is 52.2 Å². The number of carbonyl (C=O) groups excluding carboxylic acids is 3. The molecule has 4 N–H and O–H groups in total. The predicted molar refractivity (Wildman–Crippen MR) is 148 cm³/mol. The van der Waals surface area contributed by atoms with E-state index in [-0.39, 0.29) is 29.4 Å². The first-order valence-corrected chi connectivity index (χ1v) is 14.0. The van der Waals surface area contributed by atoms with E-state index in [0.717, 1.165) is 5.56 Å². The van der Waals surface area contributed by atoms with Crippen LogP contribution in [0.1, 0.15) is 17.9 Å². The number of pyridine rings is 1. The molecule has 3 amide bonds. The lowest BCUT2D eigenvalue weighted by molar-refractivity contribution is -0.684. The number of allylic oxidation sites excluding steroid dienone is 1. The predicted octanol–water partition coefficient (Wildman–Crippen LogP) is 1.30. The van der Waals surface area contributed by atoms with Gasteiger partial charge in [-0.05, 0) is 41.8 Å². The van der Waals surface area contributed by atoms with Crippen LogP contribution >= 0.6 is 11.8 Å². The van der Waals surface area contributed by atoms with Gasteiger partial charge < -0.3 is 25.5 Å². The summed E-state index contributed by atoms with van der Waals surface area (Å²) in [6, 6.07) is 8.29. The van der Waals surface area contributed by atoms with E-state index < -0.39 is 17.9 Å². The average molecular weight is 576 g/mol. The van der Waals surface area contributed by atoms with Gasteiger partial charge in [-0.15, -0.1) is 11.8 Å². The summed E-state index contributed by atoms with van der Waals surface area (Å²) in [6.45, 7) is 2.75. The Hall–Kier alpha value is -4.49. The average Bonchev–Trinajstić information content (AvgIpc) is 3.49. The van der Waals surface area contributed by atoms with Crippen molar-refractivity contribution in [2.24, 2.45) is 5.73 Å². The zero-order valence-electron chi connectivity index (χ0n) is 22.1. The summed E-state index contributed by atoms with van der Waals surface area (Å²) in [5.41, 5.74) is 9.53. The zero-order valence-corrected chi connectivity index (χ0v) is 22.9. The number of aliphatic carboxylic acids is 1. The number of thioether (sulfide) groups is 1. The maximum absolute atomic E-state index is 13.1. The van der Waals surface area contributed by atoms with Crippen LogP contribution in [0.5, 0.6) is 0 Å². The second-order valence-electron chi connectivity index (χ2n) is 10.1. The highest BCUT2D eigenvalue weighted by molar-refractivity contribution is 8.00. The molecule has 0 aliphatic carbocycles. The maximum atomic E-state index is 13.1. The van der Waals surface area contributed by atoms with Gasteiger partial charge in [0.15, 0.2) is 23.9 Å². The SMILES string of the molecule is Cc1nc2cc(NC(=O)C[n+]3ccc(CN4CC/C(=C\C5=C(C(=O)O)N6C(=O)[C@@H](N)[C@H]6SC5)C4=O)cc3)ccc2o1.